The number of thiazole rings is 1. The molecule has 42 heavy (non-hydrogen) atoms. The fourth-order valence-corrected chi connectivity index (χ4v) is 7.26. The number of guanidine groups is 1. The third-order valence-electron chi connectivity index (χ3n) is 8.84. The van der Waals surface area contributed by atoms with Gasteiger partial charge in [0.05, 0.1) is 29.9 Å². The Balaban J connectivity index is 1.03. The molecule has 3 aromatic rings. The number of nitrogens with zero attached hydrogens (tertiary/aromatic N) is 7. The predicted octanol–water partition coefficient (Wildman–Crippen LogP) is 1.57. The Hall–Kier alpha value is -3.26. The van der Waals surface area contributed by atoms with Gasteiger partial charge >= 0.3 is 5.69 Å². The van der Waals surface area contributed by atoms with Crippen molar-refractivity contribution in [3.05, 3.63) is 45.8 Å². The van der Waals surface area contributed by atoms with E-state index in [0.29, 0.717) is 24.8 Å². The van der Waals surface area contributed by atoms with Crippen LogP contribution in [0.15, 0.2) is 39.4 Å². The summed E-state index contributed by atoms with van der Waals surface area (Å²) in [6, 6.07) is 8.22. The first kappa shape index (κ1) is 28.8. The topological polar surface area (TPSA) is 140 Å². The van der Waals surface area contributed by atoms with Crippen molar-refractivity contribution < 1.29 is 9.53 Å². The van der Waals surface area contributed by atoms with Gasteiger partial charge in [-0.15, -0.1) is 11.3 Å². The smallest absolute Gasteiger partial charge is 0.329 e. The molecule has 3 saturated heterocycles. The average molecular weight is 596 g/mol. The van der Waals surface area contributed by atoms with Gasteiger partial charge in [-0.05, 0) is 50.9 Å². The Morgan fingerprint density at radius 1 is 0.952 bits per heavy atom. The highest BCUT2D eigenvalue weighted by atomic mass is 32.1. The average Bonchev–Trinajstić information content (AvgIpc) is 3.56. The number of benzene rings is 1. The summed E-state index contributed by atoms with van der Waals surface area (Å²) in [5.41, 5.74) is 13.9. The number of likely N-dealkylation sites (tertiary alicyclic amines) is 2. The van der Waals surface area contributed by atoms with Gasteiger partial charge < -0.3 is 21.1 Å². The molecule has 4 N–H and O–H groups in total. The van der Waals surface area contributed by atoms with Crippen LogP contribution in [-0.4, -0.2) is 99.7 Å². The van der Waals surface area contributed by atoms with Crippen LogP contribution in [0.3, 0.4) is 0 Å². The van der Waals surface area contributed by atoms with E-state index in [9.17, 15) is 9.59 Å². The number of fused-ring (bicyclic) bond motifs is 1. The van der Waals surface area contributed by atoms with Gasteiger partial charge in [-0.2, -0.15) is 4.99 Å². The van der Waals surface area contributed by atoms with E-state index in [-0.39, 0.29) is 29.5 Å². The van der Waals surface area contributed by atoms with E-state index in [1.54, 1.807) is 0 Å². The number of hydrogen-bond acceptors (Lipinski definition) is 8. The SMILES string of the molecule is NC(N)=Nc1nc(CN2CCC(C(=O)N3CCC(n4c(=O)n(CCN5CCOCC5)c5ccccc54)CC3)CC2)cs1. The van der Waals surface area contributed by atoms with Crippen LogP contribution in [0.5, 0.6) is 0 Å². The Morgan fingerprint density at radius 2 is 1.67 bits per heavy atom. The van der Waals surface area contributed by atoms with E-state index in [1.165, 1.54) is 11.3 Å². The summed E-state index contributed by atoms with van der Waals surface area (Å²) in [6.07, 6.45) is 3.29. The Kier molecular flexibility index (Phi) is 8.89. The molecule has 1 aromatic carbocycles. The van der Waals surface area contributed by atoms with Gasteiger partial charge in [0.2, 0.25) is 11.0 Å². The second kappa shape index (κ2) is 12.9. The molecule has 0 saturated carbocycles. The number of piperidine rings is 2. The number of rotatable bonds is 8. The quantitative estimate of drug-likeness (QED) is 0.296. The zero-order valence-electron chi connectivity index (χ0n) is 24.1. The van der Waals surface area contributed by atoms with E-state index in [4.69, 9.17) is 16.2 Å². The normalized spacial score (nSPS) is 19.9. The predicted molar refractivity (Wildman–Crippen MR) is 164 cm³/mol. The summed E-state index contributed by atoms with van der Waals surface area (Å²) < 4.78 is 9.40. The number of carbonyl (C=O) groups is 1. The van der Waals surface area contributed by atoms with Crippen LogP contribution in [0.4, 0.5) is 5.13 Å². The minimum absolute atomic E-state index is 0.0116. The minimum atomic E-state index is 0.0116. The molecule has 3 aliphatic rings. The number of hydrogen-bond donors (Lipinski definition) is 2. The summed E-state index contributed by atoms with van der Waals surface area (Å²) >= 11 is 1.43. The summed E-state index contributed by atoms with van der Waals surface area (Å²) in [4.78, 5) is 42.4. The zero-order chi connectivity index (χ0) is 29.1. The standard InChI is InChI=1S/C29H41N9O3S/c30-27(31)33-28-32-22(20-42-28)19-35-9-5-21(6-10-35)26(39)36-11-7-23(8-12-36)38-25-4-2-1-3-24(25)37(29(38)40)14-13-34-15-17-41-18-16-34/h1-4,20-21,23H,5-19H2,(H4,30,31,32,33). The van der Waals surface area contributed by atoms with Crippen molar-refractivity contribution in [3.63, 3.8) is 0 Å². The number of para-hydroxylation sites is 2. The van der Waals surface area contributed by atoms with Crippen LogP contribution in [0.2, 0.25) is 0 Å². The molecule has 6 rings (SSSR count). The Bertz CT molecular complexity index is 1450. The largest absolute Gasteiger partial charge is 0.379 e. The lowest BCUT2D eigenvalue weighted by molar-refractivity contribution is -0.138. The molecule has 12 nitrogen and oxygen atoms in total. The minimum Gasteiger partial charge on any atom is -0.379 e. The molecule has 3 aliphatic heterocycles. The van der Waals surface area contributed by atoms with Crippen molar-refractivity contribution in [2.45, 2.75) is 44.8 Å². The van der Waals surface area contributed by atoms with E-state index in [0.717, 1.165) is 94.9 Å². The van der Waals surface area contributed by atoms with Gasteiger partial charge in [0.1, 0.15) is 0 Å². The number of nitrogens with two attached hydrogens (primary N) is 2. The number of amides is 1. The van der Waals surface area contributed by atoms with E-state index in [2.05, 4.69) is 31.9 Å². The molecular formula is C29H41N9O3S. The molecule has 1 amide bonds. The molecule has 3 fully saturated rings. The van der Waals surface area contributed by atoms with Crippen molar-refractivity contribution in [1.82, 2.24) is 28.8 Å². The second-order valence-corrected chi connectivity index (χ2v) is 12.3. The van der Waals surface area contributed by atoms with Crippen LogP contribution >= 0.6 is 11.3 Å². The van der Waals surface area contributed by atoms with Crippen LogP contribution in [0.25, 0.3) is 11.0 Å². The second-order valence-electron chi connectivity index (χ2n) is 11.5. The van der Waals surface area contributed by atoms with Gasteiger partial charge in [0, 0.05) is 63.2 Å². The monoisotopic (exact) mass is 595 g/mol. The molecular weight excluding hydrogens is 554 g/mol. The van der Waals surface area contributed by atoms with Crippen molar-refractivity contribution in [2.75, 3.05) is 59.0 Å². The van der Waals surface area contributed by atoms with Gasteiger partial charge in [-0.3, -0.25) is 23.7 Å². The summed E-state index contributed by atoms with van der Waals surface area (Å²) in [5, 5.41) is 2.55. The third-order valence-corrected chi connectivity index (χ3v) is 9.62. The maximum absolute atomic E-state index is 13.7. The lowest BCUT2D eigenvalue weighted by Gasteiger charge is -2.37. The highest BCUT2D eigenvalue weighted by Crippen LogP contribution is 2.29. The molecule has 226 valence electrons. The van der Waals surface area contributed by atoms with Crippen molar-refractivity contribution in [1.29, 1.82) is 0 Å². The number of carbonyl (C=O) groups excluding carboxylic acids is 1. The lowest BCUT2D eigenvalue weighted by Crippen LogP contribution is -2.46. The molecule has 0 radical (unpaired) electrons. The molecule has 2 aromatic heterocycles. The number of ether oxygens (including phenoxy) is 1. The number of aromatic nitrogens is 3. The summed E-state index contributed by atoms with van der Waals surface area (Å²) in [6.45, 7) is 8.67. The first-order chi connectivity index (χ1) is 20.5. The van der Waals surface area contributed by atoms with Crippen molar-refractivity contribution in [2.24, 2.45) is 22.4 Å². The maximum Gasteiger partial charge on any atom is 0.329 e. The van der Waals surface area contributed by atoms with Crippen LogP contribution < -0.4 is 17.2 Å². The third kappa shape index (κ3) is 6.38. The number of aliphatic imine (C=N–C) groups is 1. The van der Waals surface area contributed by atoms with Crippen molar-refractivity contribution in [3.8, 4) is 0 Å². The molecule has 0 spiro atoms. The van der Waals surface area contributed by atoms with Gasteiger partial charge in [-0.1, -0.05) is 12.1 Å². The van der Waals surface area contributed by atoms with Crippen LogP contribution in [-0.2, 0) is 22.6 Å². The molecule has 0 atom stereocenters. The lowest BCUT2D eigenvalue weighted by atomic mass is 9.93. The van der Waals surface area contributed by atoms with E-state index >= 15 is 0 Å². The molecule has 0 bridgehead atoms. The number of imidazole rings is 1. The highest BCUT2D eigenvalue weighted by Gasteiger charge is 2.32. The van der Waals surface area contributed by atoms with Gasteiger partial charge in [-0.25, -0.2) is 9.78 Å². The maximum atomic E-state index is 13.7. The first-order valence-corrected chi connectivity index (χ1v) is 15.9. The Labute approximate surface area is 249 Å². The summed E-state index contributed by atoms with van der Waals surface area (Å²) in [5.74, 6) is 0.324. The highest BCUT2D eigenvalue weighted by molar-refractivity contribution is 7.13. The molecule has 13 heteroatoms. The van der Waals surface area contributed by atoms with Gasteiger partial charge in [0.15, 0.2) is 5.96 Å². The molecule has 0 aliphatic carbocycles. The zero-order valence-corrected chi connectivity index (χ0v) is 24.9. The van der Waals surface area contributed by atoms with E-state index < -0.39 is 0 Å². The fraction of sp³-hybridized carbons (Fsp3) is 0.586. The first-order valence-electron chi connectivity index (χ1n) is 15.0. The van der Waals surface area contributed by atoms with E-state index in [1.807, 2.05) is 31.5 Å². The van der Waals surface area contributed by atoms with Crippen molar-refractivity contribution >= 4 is 39.4 Å². The fourth-order valence-electron chi connectivity index (χ4n) is 6.57. The van der Waals surface area contributed by atoms with Gasteiger partial charge in [0.25, 0.3) is 0 Å². The number of morpholine rings is 1. The molecule has 0 unspecified atom stereocenters. The molecule has 5 heterocycles. The Morgan fingerprint density at radius 3 is 2.38 bits per heavy atom. The summed E-state index contributed by atoms with van der Waals surface area (Å²) in [7, 11) is 0. The van der Waals surface area contributed by atoms with Crippen LogP contribution in [0.1, 0.15) is 37.4 Å². The van der Waals surface area contributed by atoms with Crippen LogP contribution in [0, 0.1) is 5.92 Å².